The predicted octanol–water partition coefficient (Wildman–Crippen LogP) is 4.75. The molecule has 0 aliphatic heterocycles. The van der Waals surface area contributed by atoms with Gasteiger partial charge in [0.05, 0.1) is 17.2 Å². The molecule has 21 heavy (non-hydrogen) atoms. The van der Waals surface area contributed by atoms with Crippen LogP contribution in [0.4, 0.5) is 0 Å². The standard InChI is InChI=1S/C17H16Cl2O2/c1-21-15-9-6-12(7-10-15)5-8-14(20)11-13-3-2-4-16(18)17(13)19/h2-4,6-7,9-10H,5,8,11H2,1H3. The highest BCUT2D eigenvalue weighted by Gasteiger charge is 2.09. The molecule has 0 fully saturated rings. The Bertz CT molecular complexity index is 621. The molecule has 0 aliphatic carbocycles. The number of carbonyl (C=O) groups excluding carboxylic acids is 1. The van der Waals surface area contributed by atoms with Gasteiger partial charge in [-0.15, -0.1) is 0 Å². The Morgan fingerprint density at radius 3 is 2.48 bits per heavy atom. The smallest absolute Gasteiger partial charge is 0.137 e. The molecule has 0 aromatic heterocycles. The number of Topliss-reactive ketones (excluding diaryl/α,β-unsaturated/α-hetero) is 1. The van der Waals surface area contributed by atoms with Crippen LogP contribution in [0.25, 0.3) is 0 Å². The van der Waals surface area contributed by atoms with Gasteiger partial charge in [0.2, 0.25) is 0 Å². The van der Waals surface area contributed by atoms with E-state index in [-0.39, 0.29) is 5.78 Å². The maximum absolute atomic E-state index is 12.0. The van der Waals surface area contributed by atoms with Crippen LogP contribution in [0, 0.1) is 0 Å². The van der Waals surface area contributed by atoms with Crippen LogP contribution in [0.15, 0.2) is 42.5 Å². The highest BCUT2D eigenvalue weighted by atomic mass is 35.5. The molecule has 2 aromatic rings. The lowest BCUT2D eigenvalue weighted by molar-refractivity contribution is -0.118. The van der Waals surface area contributed by atoms with Gasteiger partial charge in [0.1, 0.15) is 11.5 Å². The second kappa shape index (κ2) is 7.48. The molecule has 2 nitrogen and oxygen atoms in total. The van der Waals surface area contributed by atoms with Gasteiger partial charge >= 0.3 is 0 Å². The summed E-state index contributed by atoms with van der Waals surface area (Å²) >= 11 is 12.0. The summed E-state index contributed by atoms with van der Waals surface area (Å²) in [5.41, 5.74) is 1.89. The monoisotopic (exact) mass is 322 g/mol. The van der Waals surface area contributed by atoms with Gasteiger partial charge in [0, 0.05) is 12.8 Å². The number of methoxy groups -OCH3 is 1. The van der Waals surface area contributed by atoms with E-state index >= 15 is 0 Å². The van der Waals surface area contributed by atoms with E-state index in [1.54, 1.807) is 19.2 Å². The lowest BCUT2D eigenvalue weighted by Gasteiger charge is -2.06. The normalized spacial score (nSPS) is 10.4. The fraction of sp³-hybridized carbons (Fsp3) is 0.235. The third-order valence-corrected chi connectivity index (χ3v) is 4.13. The second-order valence-electron chi connectivity index (χ2n) is 4.78. The molecule has 0 amide bonds. The second-order valence-corrected chi connectivity index (χ2v) is 5.56. The lowest BCUT2D eigenvalue weighted by atomic mass is 10.0. The Balaban J connectivity index is 1.91. The zero-order chi connectivity index (χ0) is 15.2. The number of halogens is 2. The molecule has 0 N–H and O–H groups in total. The summed E-state index contributed by atoms with van der Waals surface area (Å²) in [5.74, 6) is 0.964. The summed E-state index contributed by atoms with van der Waals surface area (Å²) in [6.45, 7) is 0. The molecule has 0 saturated carbocycles. The van der Waals surface area contributed by atoms with Crippen molar-refractivity contribution in [3.05, 3.63) is 63.6 Å². The summed E-state index contributed by atoms with van der Waals surface area (Å²) < 4.78 is 5.10. The molecular formula is C17H16Cl2O2. The quantitative estimate of drug-likeness (QED) is 0.767. The van der Waals surface area contributed by atoms with Gasteiger partial charge in [0.25, 0.3) is 0 Å². The molecule has 0 atom stereocenters. The average molecular weight is 323 g/mol. The molecular weight excluding hydrogens is 307 g/mol. The SMILES string of the molecule is COc1ccc(CCC(=O)Cc2cccc(Cl)c2Cl)cc1. The van der Waals surface area contributed by atoms with Crippen molar-refractivity contribution >= 4 is 29.0 Å². The van der Waals surface area contributed by atoms with Crippen LogP contribution in [0.1, 0.15) is 17.5 Å². The third-order valence-electron chi connectivity index (χ3n) is 3.27. The number of hydrogen-bond acceptors (Lipinski definition) is 2. The van der Waals surface area contributed by atoms with Crippen molar-refractivity contribution < 1.29 is 9.53 Å². The van der Waals surface area contributed by atoms with Crippen molar-refractivity contribution in [1.82, 2.24) is 0 Å². The van der Waals surface area contributed by atoms with E-state index in [1.807, 2.05) is 30.3 Å². The number of benzene rings is 2. The number of carbonyl (C=O) groups is 1. The summed E-state index contributed by atoms with van der Waals surface area (Å²) in [6.07, 6.45) is 1.51. The minimum Gasteiger partial charge on any atom is -0.497 e. The van der Waals surface area contributed by atoms with Gasteiger partial charge in [-0.25, -0.2) is 0 Å². The number of rotatable bonds is 6. The van der Waals surface area contributed by atoms with Crippen LogP contribution in [0.5, 0.6) is 5.75 Å². The Hall–Kier alpha value is -1.51. The van der Waals surface area contributed by atoms with Crippen molar-refractivity contribution in [2.75, 3.05) is 7.11 Å². The zero-order valence-corrected chi connectivity index (χ0v) is 13.2. The molecule has 0 spiro atoms. The fourth-order valence-electron chi connectivity index (χ4n) is 2.06. The maximum atomic E-state index is 12.0. The van der Waals surface area contributed by atoms with Crippen LogP contribution in [-0.2, 0) is 17.6 Å². The molecule has 110 valence electrons. The fourth-order valence-corrected chi connectivity index (χ4v) is 2.45. The third kappa shape index (κ3) is 4.48. The van der Waals surface area contributed by atoms with E-state index in [4.69, 9.17) is 27.9 Å². The van der Waals surface area contributed by atoms with E-state index in [0.717, 1.165) is 16.9 Å². The van der Waals surface area contributed by atoms with Crippen molar-refractivity contribution in [2.45, 2.75) is 19.3 Å². The van der Waals surface area contributed by atoms with Crippen LogP contribution in [0.3, 0.4) is 0 Å². The molecule has 0 unspecified atom stereocenters. The van der Waals surface area contributed by atoms with Gasteiger partial charge in [-0.05, 0) is 35.7 Å². The summed E-state index contributed by atoms with van der Waals surface area (Å²) in [7, 11) is 1.63. The van der Waals surface area contributed by atoms with Gasteiger partial charge in [-0.2, -0.15) is 0 Å². The van der Waals surface area contributed by atoms with Crippen molar-refractivity contribution in [2.24, 2.45) is 0 Å². The van der Waals surface area contributed by atoms with Crippen molar-refractivity contribution in [3.63, 3.8) is 0 Å². The van der Waals surface area contributed by atoms with Gasteiger partial charge < -0.3 is 4.74 Å². The van der Waals surface area contributed by atoms with Crippen LogP contribution in [-0.4, -0.2) is 12.9 Å². The Kier molecular flexibility index (Phi) is 5.66. The number of hydrogen-bond donors (Lipinski definition) is 0. The van der Waals surface area contributed by atoms with E-state index in [0.29, 0.717) is 29.3 Å². The summed E-state index contributed by atoms with van der Waals surface area (Å²) in [4.78, 5) is 12.0. The number of aryl methyl sites for hydroxylation is 1. The number of ether oxygens (including phenoxy) is 1. The molecule has 0 radical (unpaired) electrons. The lowest BCUT2D eigenvalue weighted by Crippen LogP contribution is -2.05. The highest BCUT2D eigenvalue weighted by molar-refractivity contribution is 6.42. The average Bonchev–Trinajstić information content (AvgIpc) is 2.50. The first-order valence-electron chi connectivity index (χ1n) is 6.67. The van der Waals surface area contributed by atoms with Crippen LogP contribution in [0.2, 0.25) is 10.0 Å². The molecule has 0 heterocycles. The zero-order valence-electron chi connectivity index (χ0n) is 11.7. The van der Waals surface area contributed by atoms with Crippen LogP contribution < -0.4 is 4.74 Å². The predicted molar refractivity (Wildman–Crippen MR) is 86.5 cm³/mol. The molecule has 0 bridgehead atoms. The minimum absolute atomic E-state index is 0.148. The van der Waals surface area contributed by atoms with Gasteiger partial charge in [-0.3, -0.25) is 4.79 Å². The highest BCUT2D eigenvalue weighted by Crippen LogP contribution is 2.26. The summed E-state index contributed by atoms with van der Waals surface area (Å²) in [6, 6.07) is 13.1. The topological polar surface area (TPSA) is 26.3 Å². The molecule has 2 rings (SSSR count). The van der Waals surface area contributed by atoms with Crippen LogP contribution >= 0.6 is 23.2 Å². The first-order valence-corrected chi connectivity index (χ1v) is 7.43. The molecule has 0 aliphatic rings. The maximum Gasteiger partial charge on any atom is 0.137 e. The molecule has 2 aromatic carbocycles. The summed E-state index contributed by atoms with van der Waals surface area (Å²) in [5, 5.41) is 0.953. The Labute approximate surface area is 134 Å². The minimum atomic E-state index is 0.148. The first kappa shape index (κ1) is 15.9. The van der Waals surface area contributed by atoms with Crippen molar-refractivity contribution in [1.29, 1.82) is 0 Å². The van der Waals surface area contributed by atoms with E-state index in [9.17, 15) is 4.79 Å². The Morgan fingerprint density at radius 1 is 1.10 bits per heavy atom. The molecule has 4 heteroatoms. The van der Waals surface area contributed by atoms with E-state index < -0.39 is 0 Å². The number of ketones is 1. The van der Waals surface area contributed by atoms with E-state index in [1.165, 1.54) is 0 Å². The largest absolute Gasteiger partial charge is 0.497 e. The van der Waals surface area contributed by atoms with E-state index in [2.05, 4.69) is 0 Å². The Morgan fingerprint density at radius 2 is 1.81 bits per heavy atom. The van der Waals surface area contributed by atoms with Gasteiger partial charge in [-0.1, -0.05) is 47.5 Å². The van der Waals surface area contributed by atoms with Gasteiger partial charge in [0.15, 0.2) is 0 Å². The first-order chi connectivity index (χ1) is 10.1. The molecule has 0 saturated heterocycles. The van der Waals surface area contributed by atoms with Crippen molar-refractivity contribution in [3.8, 4) is 5.75 Å².